The van der Waals surface area contributed by atoms with Gasteiger partial charge in [-0.1, -0.05) is 12.1 Å². The number of benzene rings is 3. The molecule has 1 amide bonds. The van der Waals surface area contributed by atoms with Crippen LogP contribution in [0, 0.1) is 13.8 Å². The number of carbonyl (C=O) groups is 1. The number of hydrogen-bond acceptors (Lipinski definition) is 7. The number of aryl methyl sites for hydroxylation is 2. The minimum atomic E-state index is -3.81. The average Bonchev–Trinajstić information content (AvgIpc) is 3.31. The van der Waals surface area contributed by atoms with Gasteiger partial charge in [0.15, 0.2) is 6.61 Å². The predicted molar refractivity (Wildman–Crippen MR) is 146 cm³/mol. The number of rotatable bonds is 10. The number of aromatic nitrogens is 1. The van der Waals surface area contributed by atoms with Gasteiger partial charge in [-0.05, 0) is 80.9 Å². The Kier molecular flexibility index (Phi) is 8.10. The van der Waals surface area contributed by atoms with Crippen LogP contribution >= 0.6 is 11.3 Å². The zero-order chi connectivity index (χ0) is 26.4. The number of ether oxygens (including phenoxy) is 2. The minimum absolute atomic E-state index is 0.0878. The lowest BCUT2D eigenvalue weighted by molar-refractivity contribution is -0.118. The Bertz CT molecular complexity index is 1500. The summed E-state index contributed by atoms with van der Waals surface area (Å²) < 4.78 is 39.2. The molecule has 10 heteroatoms. The molecule has 4 aromatic rings. The van der Waals surface area contributed by atoms with Gasteiger partial charge in [0.25, 0.3) is 15.9 Å². The summed E-state index contributed by atoms with van der Waals surface area (Å²) in [5.41, 5.74) is 3.41. The molecule has 0 bridgehead atoms. The van der Waals surface area contributed by atoms with Crippen LogP contribution < -0.4 is 19.5 Å². The molecule has 8 nitrogen and oxygen atoms in total. The van der Waals surface area contributed by atoms with Gasteiger partial charge in [0.1, 0.15) is 11.5 Å². The van der Waals surface area contributed by atoms with Crippen LogP contribution in [0.5, 0.6) is 11.5 Å². The number of thiazole rings is 1. The molecule has 0 radical (unpaired) electrons. The highest BCUT2D eigenvalue weighted by atomic mass is 32.2. The van der Waals surface area contributed by atoms with Crippen LogP contribution in [0.2, 0.25) is 0 Å². The van der Waals surface area contributed by atoms with Gasteiger partial charge in [-0.25, -0.2) is 13.4 Å². The number of nitrogens with zero attached hydrogens (tertiary/aromatic N) is 1. The normalized spacial score (nSPS) is 11.1. The molecule has 0 aliphatic rings. The lowest BCUT2D eigenvalue weighted by Crippen LogP contribution is -2.20. The molecule has 0 aliphatic carbocycles. The maximum absolute atomic E-state index is 12.8. The summed E-state index contributed by atoms with van der Waals surface area (Å²) in [7, 11) is -3.81. The molecular weight excluding hydrogens is 510 g/mol. The number of sulfonamides is 1. The fourth-order valence-electron chi connectivity index (χ4n) is 3.54. The van der Waals surface area contributed by atoms with Gasteiger partial charge in [-0.3, -0.25) is 9.52 Å². The van der Waals surface area contributed by atoms with Crippen LogP contribution in [0.25, 0.3) is 11.3 Å². The molecule has 4 rings (SSSR count). The number of nitrogens with one attached hydrogen (secondary N) is 2. The van der Waals surface area contributed by atoms with E-state index in [1.807, 2.05) is 37.4 Å². The van der Waals surface area contributed by atoms with Crippen molar-refractivity contribution in [2.45, 2.75) is 25.7 Å². The van der Waals surface area contributed by atoms with E-state index in [4.69, 9.17) is 9.47 Å². The molecule has 1 aromatic heterocycles. The predicted octanol–water partition coefficient (Wildman–Crippen LogP) is 5.64. The van der Waals surface area contributed by atoms with E-state index in [9.17, 15) is 13.2 Å². The molecule has 0 atom stereocenters. The van der Waals surface area contributed by atoms with Gasteiger partial charge in [0.2, 0.25) is 0 Å². The molecule has 192 valence electrons. The van der Waals surface area contributed by atoms with E-state index in [1.165, 1.54) is 12.1 Å². The molecule has 0 saturated carbocycles. The summed E-state index contributed by atoms with van der Waals surface area (Å²) in [5, 5.41) is 5.76. The number of amides is 1. The Balaban J connectivity index is 1.36. The van der Waals surface area contributed by atoms with E-state index in [0.29, 0.717) is 35.0 Å². The Morgan fingerprint density at radius 2 is 1.76 bits per heavy atom. The van der Waals surface area contributed by atoms with Crippen LogP contribution in [0.4, 0.5) is 11.4 Å². The molecule has 3 aromatic carbocycles. The number of anilines is 2. The first-order valence-electron chi connectivity index (χ1n) is 11.5. The van der Waals surface area contributed by atoms with E-state index < -0.39 is 10.0 Å². The van der Waals surface area contributed by atoms with Crippen LogP contribution in [-0.4, -0.2) is 32.5 Å². The Morgan fingerprint density at radius 3 is 2.43 bits per heavy atom. The second-order valence-electron chi connectivity index (χ2n) is 8.16. The first-order chi connectivity index (χ1) is 17.7. The Hall–Kier alpha value is -3.89. The fraction of sp³-hybridized carbons (Fsp3) is 0.185. The third-order valence-corrected chi connectivity index (χ3v) is 7.45. The van der Waals surface area contributed by atoms with Crippen LogP contribution in [0.1, 0.15) is 17.5 Å². The minimum Gasteiger partial charge on any atom is -0.494 e. The number of hydrogen-bond donors (Lipinski definition) is 2. The van der Waals surface area contributed by atoms with Gasteiger partial charge in [-0.2, -0.15) is 0 Å². The standard InChI is InChI=1S/C27H27N3O5S2/c1-4-34-23-10-8-21(9-11-23)30-37(32,33)24-12-13-26(18(2)14-24)35-16-27(31)29-22-7-5-6-20(15-22)25-17-36-19(3)28-25/h5-15,17,30H,4,16H2,1-3H3,(H,29,31). The lowest BCUT2D eigenvalue weighted by Gasteiger charge is -2.13. The zero-order valence-corrected chi connectivity index (χ0v) is 22.3. The van der Waals surface area contributed by atoms with Crippen molar-refractivity contribution in [2.75, 3.05) is 23.3 Å². The second kappa shape index (κ2) is 11.4. The second-order valence-corrected chi connectivity index (χ2v) is 10.9. The average molecular weight is 538 g/mol. The summed E-state index contributed by atoms with van der Waals surface area (Å²) in [6.45, 7) is 5.85. The third kappa shape index (κ3) is 6.87. The molecule has 0 fully saturated rings. The van der Waals surface area contributed by atoms with Crippen molar-refractivity contribution in [3.63, 3.8) is 0 Å². The quantitative estimate of drug-likeness (QED) is 0.271. The van der Waals surface area contributed by atoms with E-state index in [0.717, 1.165) is 16.3 Å². The maximum atomic E-state index is 12.8. The largest absolute Gasteiger partial charge is 0.494 e. The van der Waals surface area contributed by atoms with Crippen molar-refractivity contribution < 1.29 is 22.7 Å². The summed E-state index contributed by atoms with van der Waals surface area (Å²) in [6.07, 6.45) is 0. The van der Waals surface area contributed by atoms with Crippen molar-refractivity contribution in [1.29, 1.82) is 0 Å². The molecule has 0 aliphatic heterocycles. The lowest BCUT2D eigenvalue weighted by atomic mass is 10.1. The SMILES string of the molecule is CCOc1ccc(NS(=O)(=O)c2ccc(OCC(=O)Nc3cccc(-c4csc(C)n4)c3)c(C)c2)cc1. The molecule has 1 heterocycles. The summed E-state index contributed by atoms with van der Waals surface area (Å²) >= 11 is 1.57. The highest BCUT2D eigenvalue weighted by Gasteiger charge is 2.16. The molecular formula is C27H27N3O5S2. The number of carbonyl (C=O) groups excluding carboxylic acids is 1. The molecule has 37 heavy (non-hydrogen) atoms. The van der Waals surface area contributed by atoms with Crippen LogP contribution in [0.15, 0.2) is 77.0 Å². The van der Waals surface area contributed by atoms with Crippen molar-refractivity contribution in [1.82, 2.24) is 4.98 Å². The van der Waals surface area contributed by atoms with Gasteiger partial charge in [0, 0.05) is 22.3 Å². The summed E-state index contributed by atoms with van der Waals surface area (Å²) in [5.74, 6) is 0.746. The highest BCUT2D eigenvalue weighted by Crippen LogP contribution is 2.26. The van der Waals surface area contributed by atoms with Gasteiger partial charge in [0.05, 0.1) is 22.2 Å². The van der Waals surface area contributed by atoms with Crippen molar-refractivity contribution in [3.8, 4) is 22.8 Å². The summed E-state index contributed by atoms with van der Waals surface area (Å²) in [4.78, 5) is 17.0. The molecule has 2 N–H and O–H groups in total. The van der Waals surface area contributed by atoms with Crippen molar-refractivity contribution in [3.05, 3.63) is 82.7 Å². The van der Waals surface area contributed by atoms with Crippen molar-refractivity contribution in [2.24, 2.45) is 0 Å². The highest BCUT2D eigenvalue weighted by molar-refractivity contribution is 7.92. The Morgan fingerprint density at radius 1 is 0.973 bits per heavy atom. The first-order valence-corrected chi connectivity index (χ1v) is 13.9. The van der Waals surface area contributed by atoms with Gasteiger partial charge in [-0.15, -0.1) is 11.3 Å². The molecule has 0 spiro atoms. The maximum Gasteiger partial charge on any atom is 0.262 e. The van der Waals surface area contributed by atoms with Crippen LogP contribution in [-0.2, 0) is 14.8 Å². The van der Waals surface area contributed by atoms with Crippen molar-refractivity contribution >= 4 is 38.6 Å². The topological polar surface area (TPSA) is 107 Å². The zero-order valence-electron chi connectivity index (χ0n) is 20.6. The third-order valence-electron chi connectivity index (χ3n) is 5.29. The molecule has 0 unspecified atom stereocenters. The Labute approximate surface area is 220 Å². The van der Waals surface area contributed by atoms with E-state index in [2.05, 4.69) is 15.0 Å². The van der Waals surface area contributed by atoms with Gasteiger partial charge >= 0.3 is 0 Å². The fourth-order valence-corrected chi connectivity index (χ4v) is 5.31. The first kappa shape index (κ1) is 26.2. The molecule has 0 saturated heterocycles. The monoisotopic (exact) mass is 537 g/mol. The van der Waals surface area contributed by atoms with E-state index >= 15 is 0 Å². The van der Waals surface area contributed by atoms with Crippen LogP contribution in [0.3, 0.4) is 0 Å². The van der Waals surface area contributed by atoms with E-state index in [1.54, 1.807) is 54.7 Å². The summed E-state index contributed by atoms with van der Waals surface area (Å²) in [6, 6.07) is 18.6. The smallest absolute Gasteiger partial charge is 0.262 e. The van der Waals surface area contributed by atoms with E-state index in [-0.39, 0.29) is 17.4 Å². The van der Waals surface area contributed by atoms with Gasteiger partial charge < -0.3 is 14.8 Å².